The van der Waals surface area contributed by atoms with E-state index in [9.17, 15) is 18.0 Å². The van der Waals surface area contributed by atoms with E-state index in [-0.39, 0.29) is 17.3 Å². The number of hydrogen-bond acceptors (Lipinski definition) is 5. The van der Waals surface area contributed by atoms with Crippen LogP contribution in [0.3, 0.4) is 0 Å². The highest BCUT2D eigenvalue weighted by atomic mass is 32.2. The maximum Gasteiger partial charge on any atom is 0.331 e. The zero-order valence-corrected chi connectivity index (χ0v) is 20.2. The molecule has 0 saturated carbocycles. The van der Waals surface area contributed by atoms with Crippen molar-refractivity contribution < 1.29 is 22.7 Å². The molecule has 0 spiro atoms. The summed E-state index contributed by atoms with van der Waals surface area (Å²) in [4.78, 5) is 24.7. The predicted molar refractivity (Wildman–Crippen MR) is 125 cm³/mol. The Hall–Kier alpha value is -2.71. The first-order valence-electron chi connectivity index (χ1n) is 10.8. The minimum Gasteiger partial charge on any atom is -0.454 e. The molecule has 32 heavy (non-hydrogen) atoms. The van der Waals surface area contributed by atoms with Crippen molar-refractivity contribution in [3.8, 4) is 0 Å². The topological polar surface area (TPSA) is 85.7 Å². The number of rotatable bonds is 11. The van der Waals surface area contributed by atoms with Gasteiger partial charge in [-0.3, -0.25) is 4.79 Å². The van der Waals surface area contributed by atoms with E-state index in [1.807, 2.05) is 19.9 Å². The number of Topliss-reactive ketones (excluding diaryl/α,β-unsaturated/α-hetero) is 1. The minimum atomic E-state index is -3.52. The maximum atomic E-state index is 12.5. The highest BCUT2D eigenvalue weighted by molar-refractivity contribution is 7.89. The SMILES string of the molecule is CCCn1c(C)cc(C(=O)COC(=O)C=Cc2ccc(S(=O)(=O)N(CC)CC)cc2)c1C. The van der Waals surface area contributed by atoms with Gasteiger partial charge in [-0.1, -0.05) is 32.9 Å². The molecule has 0 saturated heterocycles. The van der Waals surface area contributed by atoms with Crippen LogP contribution in [0.2, 0.25) is 0 Å². The van der Waals surface area contributed by atoms with Crippen molar-refractivity contribution in [1.82, 2.24) is 8.87 Å². The molecule has 7 nitrogen and oxygen atoms in total. The fourth-order valence-corrected chi connectivity index (χ4v) is 5.00. The van der Waals surface area contributed by atoms with Crippen molar-refractivity contribution in [2.75, 3.05) is 19.7 Å². The summed E-state index contributed by atoms with van der Waals surface area (Å²) in [7, 11) is -3.52. The number of benzene rings is 1. The lowest BCUT2D eigenvalue weighted by Gasteiger charge is -2.18. The van der Waals surface area contributed by atoms with Gasteiger partial charge in [-0.25, -0.2) is 13.2 Å². The number of esters is 1. The van der Waals surface area contributed by atoms with E-state index in [4.69, 9.17) is 4.74 Å². The van der Waals surface area contributed by atoms with Crippen LogP contribution in [0, 0.1) is 13.8 Å². The first-order chi connectivity index (χ1) is 15.1. The molecule has 0 atom stereocenters. The van der Waals surface area contributed by atoms with Crippen LogP contribution in [0.1, 0.15) is 54.5 Å². The molecule has 2 aromatic rings. The number of aryl methyl sites for hydroxylation is 1. The van der Waals surface area contributed by atoms with Crippen molar-refractivity contribution in [2.24, 2.45) is 0 Å². The standard InChI is InChI=1S/C24H32N2O5S/c1-6-15-26-18(4)16-22(19(26)5)23(27)17-31-24(28)14-11-20-9-12-21(13-10-20)32(29,30)25(7-2)8-3/h9-14,16H,6-8,15,17H2,1-5H3. The van der Waals surface area contributed by atoms with E-state index < -0.39 is 16.0 Å². The zero-order chi connectivity index (χ0) is 23.9. The molecule has 0 aliphatic rings. The molecule has 0 aliphatic heterocycles. The van der Waals surface area contributed by atoms with Crippen molar-refractivity contribution in [1.29, 1.82) is 0 Å². The molecular formula is C24H32N2O5S. The molecule has 0 bridgehead atoms. The lowest BCUT2D eigenvalue weighted by Crippen LogP contribution is -2.30. The van der Waals surface area contributed by atoms with Crippen LogP contribution >= 0.6 is 0 Å². The molecule has 0 fully saturated rings. The van der Waals surface area contributed by atoms with Crippen LogP contribution in [0.4, 0.5) is 0 Å². The Kier molecular flexibility index (Phi) is 8.98. The third-order valence-electron chi connectivity index (χ3n) is 5.30. The summed E-state index contributed by atoms with van der Waals surface area (Å²) in [5, 5.41) is 0. The lowest BCUT2D eigenvalue weighted by molar-refractivity contribution is -0.136. The van der Waals surface area contributed by atoms with Gasteiger partial charge in [0.15, 0.2) is 6.61 Å². The van der Waals surface area contributed by atoms with E-state index in [1.54, 1.807) is 26.0 Å². The summed E-state index contributed by atoms with van der Waals surface area (Å²) >= 11 is 0. The average molecular weight is 461 g/mol. The van der Waals surface area contributed by atoms with Gasteiger partial charge >= 0.3 is 5.97 Å². The summed E-state index contributed by atoms with van der Waals surface area (Å²) in [6.07, 6.45) is 3.71. The lowest BCUT2D eigenvalue weighted by atomic mass is 10.1. The predicted octanol–water partition coefficient (Wildman–Crippen LogP) is 3.98. The Labute approximate surface area is 190 Å². The van der Waals surface area contributed by atoms with Crippen molar-refractivity contribution in [3.05, 3.63) is 58.9 Å². The molecule has 1 aromatic carbocycles. The zero-order valence-electron chi connectivity index (χ0n) is 19.4. The minimum absolute atomic E-state index is 0.201. The molecule has 1 heterocycles. The number of ether oxygens (including phenoxy) is 1. The second-order valence-electron chi connectivity index (χ2n) is 7.46. The molecule has 0 aliphatic carbocycles. The molecular weight excluding hydrogens is 428 g/mol. The molecule has 8 heteroatoms. The van der Waals surface area contributed by atoms with E-state index >= 15 is 0 Å². The summed E-state index contributed by atoms with van der Waals surface area (Å²) in [6.45, 7) is 10.8. The summed E-state index contributed by atoms with van der Waals surface area (Å²) in [6, 6.07) is 8.08. The smallest absolute Gasteiger partial charge is 0.331 e. The van der Waals surface area contributed by atoms with Crippen LogP contribution in [0.25, 0.3) is 6.08 Å². The molecule has 2 rings (SSSR count). The van der Waals surface area contributed by atoms with E-state index in [0.29, 0.717) is 24.2 Å². The quantitative estimate of drug-likeness (QED) is 0.288. The largest absolute Gasteiger partial charge is 0.454 e. The fraction of sp³-hybridized carbons (Fsp3) is 0.417. The number of aromatic nitrogens is 1. The first-order valence-corrected chi connectivity index (χ1v) is 12.2. The number of hydrogen-bond donors (Lipinski definition) is 0. The number of carbonyl (C=O) groups is 2. The Morgan fingerprint density at radius 1 is 1.06 bits per heavy atom. The number of ketones is 1. The van der Waals surface area contributed by atoms with Gasteiger partial charge in [0.2, 0.25) is 15.8 Å². The van der Waals surface area contributed by atoms with E-state index in [2.05, 4.69) is 11.5 Å². The Balaban J connectivity index is 1.98. The van der Waals surface area contributed by atoms with Crippen molar-refractivity contribution in [2.45, 2.75) is 52.5 Å². The van der Waals surface area contributed by atoms with Gasteiger partial charge in [-0.2, -0.15) is 4.31 Å². The van der Waals surface area contributed by atoms with Gasteiger partial charge in [-0.15, -0.1) is 0 Å². The van der Waals surface area contributed by atoms with Crippen LogP contribution < -0.4 is 0 Å². The summed E-state index contributed by atoms with van der Waals surface area (Å²) in [5.41, 5.74) is 3.10. The Bertz CT molecular complexity index is 1080. The van der Waals surface area contributed by atoms with Gasteiger partial charge in [0.1, 0.15) is 0 Å². The number of sulfonamides is 1. The van der Waals surface area contributed by atoms with E-state index in [0.717, 1.165) is 24.4 Å². The second kappa shape index (κ2) is 11.2. The number of nitrogens with zero attached hydrogens (tertiary/aromatic N) is 2. The monoisotopic (exact) mass is 460 g/mol. The summed E-state index contributed by atoms with van der Waals surface area (Å²) in [5.74, 6) is -0.881. The Morgan fingerprint density at radius 3 is 2.25 bits per heavy atom. The molecule has 0 N–H and O–H groups in total. The molecule has 1 aromatic heterocycles. The van der Waals surface area contributed by atoms with Crippen molar-refractivity contribution in [3.63, 3.8) is 0 Å². The Morgan fingerprint density at radius 2 is 1.69 bits per heavy atom. The van der Waals surface area contributed by atoms with E-state index in [1.165, 1.54) is 28.6 Å². The fourth-order valence-electron chi connectivity index (χ4n) is 3.54. The highest BCUT2D eigenvalue weighted by Gasteiger charge is 2.21. The van der Waals surface area contributed by atoms with Gasteiger partial charge in [0, 0.05) is 42.7 Å². The van der Waals surface area contributed by atoms with Gasteiger partial charge in [-0.05, 0) is 50.1 Å². The van der Waals surface area contributed by atoms with Crippen LogP contribution in [-0.2, 0) is 26.1 Å². The molecule has 0 unspecified atom stereocenters. The van der Waals surface area contributed by atoms with Crippen LogP contribution in [0.5, 0.6) is 0 Å². The van der Waals surface area contributed by atoms with Gasteiger partial charge < -0.3 is 9.30 Å². The maximum absolute atomic E-state index is 12.5. The van der Waals surface area contributed by atoms with Crippen molar-refractivity contribution >= 4 is 27.9 Å². The molecule has 174 valence electrons. The average Bonchev–Trinajstić information content (AvgIpc) is 3.05. The third kappa shape index (κ3) is 5.95. The molecule has 0 amide bonds. The third-order valence-corrected chi connectivity index (χ3v) is 7.37. The van der Waals surface area contributed by atoms with Gasteiger partial charge in [0.25, 0.3) is 0 Å². The summed E-state index contributed by atoms with van der Waals surface area (Å²) < 4.78 is 33.6. The van der Waals surface area contributed by atoms with Crippen LogP contribution in [-0.4, -0.2) is 48.7 Å². The molecule has 0 radical (unpaired) electrons. The normalized spacial score (nSPS) is 11.9. The highest BCUT2D eigenvalue weighted by Crippen LogP contribution is 2.18. The first kappa shape index (κ1) is 25.5. The van der Waals surface area contributed by atoms with Crippen LogP contribution in [0.15, 0.2) is 41.3 Å². The second-order valence-corrected chi connectivity index (χ2v) is 9.40. The number of carbonyl (C=O) groups excluding carboxylic acids is 2. The van der Waals surface area contributed by atoms with Gasteiger partial charge in [0.05, 0.1) is 4.90 Å².